The van der Waals surface area contributed by atoms with Crippen molar-refractivity contribution >= 4 is 8.32 Å². The molecule has 2 unspecified atom stereocenters. The van der Waals surface area contributed by atoms with Crippen LogP contribution in [-0.2, 0) is 9.16 Å². The minimum atomic E-state index is -1.38. The first-order valence-corrected chi connectivity index (χ1v) is 7.77. The third-order valence-electron chi connectivity index (χ3n) is 2.28. The molecule has 0 N–H and O–H groups in total. The fraction of sp³-hybridized carbons (Fsp3) is 1.00. The Morgan fingerprint density at radius 3 is 2.55 bits per heavy atom. The maximum atomic E-state index is 5.98. The standard InChI is InChI=1S/C8H16O2Si/c1-11(2,3)10-8-6-7(8)4-5-9-8/h7H,4-6H2,1-3H3. The predicted molar refractivity (Wildman–Crippen MR) is 45.8 cm³/mol. The lowest BCUT2D eigenvalue weighted by Crippen LogP contribution is -2.34. The van der Waals surface area contributed by atoms with Crippen LogP contribution in [-0.4, -0.2) is 20.7 Å². The summed E-state index contributed by atoms with van der Waals surface area (Å²) in [4.78, 5) is 0. The SMILES string of the molecule is C[Si](C)(C)OC12CC1CCO2. The van der Waals surface area contributed by atoms with Crippen LogP contribution in [0.2, 0.25) is 19.6 Å². The van der Waals surface area contributed by atoms with Gasteiger partial charge in [0, 0.05) is 12.3 Å². The molecule has 0 amide bonds. The Bertz CT molecular complexity index is 175. The lowest BCUT2D eigenvalue weighted by atomic mass is 10.3. The van der Waals surface area contributed by atoms with Crippen molar-refractivity contribution in [2.45, 2.75) is 38.3 Å². The van der Waals surface area contributed by atoms with Crippen LogP contribution in [0.1, 0.15) is 12.8 Å². The van der Waals surface area contributed by atoms with Crippen LogP contribution in [0.5, 0.6) is 0 Å². The smallest absolute Gasteiger partial charge is 0.187 e. The summed E-state index contributed by atoms with van der Waals surface area (Å²) in [6.07, 6.45) is 2.36. The van der Waals surface area contributed by atoms with Crippen molar-refractivity contribution in [3.05, 3.63) is 0 Å². The second-order valence-corrected chi connectivity index (χ2v) is 8.99. The van der Waals surface area contributed by atoms with Crippen molar-refractivity contribution in [2.24, 2.45) is 5.92 Å². The molecule has 0 aromatic heterocycles. The molecule has 1 saturated carbocycles. The molecule has 64 valence electrons. The molecule has 1 aliphatic heterocycles. The first-order chi connectivity index (χ1) is 5.02. The highest BCUT2D eigenvalue weighted by Gasteiger charge is 2.61. The molecule has 11 heavy (non-hydrogen) atoms. The van der Waals surface area contributed by atoms with Gasteiger partial charge in [-0.2, -0.15) is 0 Å². The van der Waals surface area contributed by atoms with Crippen LogP contribution >= 0.6 is 0 Å². The molecular weight excluding hydrogens is 156 g/mol. The van der Waals surface area contributed by atoms with Gasteiger partial charge >= 0.3 is 0 Å². The van der Waals surface area contributed by atoms with Crippen molar-refractivity contribution in [1.82, 2.24) is 0 Å². The zero-order valence-electron chi connectivity index (χ0n) is 7.52. The summed E-state index contributed by atoms with van der Waals surface area (Å²) >= 11 is 0. The fourth-order valence-electron chi connectivity index (χ4n) is 1.83. The monoisotopic (exact) mass is 172 g/mol. The van der Waals surface area contributed by atoms with Crippen molar-refractivity contribution in [3.8, 4) is 0 Å². The van der Waals surface area contributed by atoms with Gasteiger partial charge in [-0.15, -0.1) is 0 Å². The van der Waals surface area contributed by atoms with E-state index < -0.39 is 8.32 Å². The molecule has 2 atom stereocenters. The molecular formula is C8H16O2Si. The van der Waals surface area contributed by atoms with E-state index in [-0.39, 0.29) is 5.79 Å². The molecule has 0 radical (unpaired) electrons. The Hall–Kier alpha value is 0.137. The molecule has 0 bridgehead atoms. The second kappa shape index (κ2) is 2.09. The first kappa shape index (κ1) is 7.77. The lowest BCUT2D eigenvalue weighted by Gasteiger charge is -2.24. The minimum absolute atomic E-state index is 0.0928. The number of hydrogen-bond acceptors (Lipinski definition) is 2. The van der Waals surface area contributed by atoms with Crippen LogP contribution in [0, 0.1) is 5.92 Å². The molecule has 1 heterocycles. The number of hydrogen-bond donors (Lipinski definition) is 0. The minimum Gasteiger partial charge on any atom is -0.391 e. The van der Waals surface area contributed by atoms with Gasteiger partial charge in [-0.05, 0) is 26.1 Å². The van der Waals surface area contributed by atoms with Crippen molar-refractivity contribution in [3.63, 3.8) is 0 Å². The van der Waals surface area contributed by atoms with E-state index in [4.69, 9.17) is 9.16 Å². The molecule has 0 aromatic rings. The van der Waals surface area contributed by atoms with Gasteiger partial charge in [-0.1, -0.05) is 0 Å². The van der Waals surface area contributed by atoms with Crippen LogP contribution < -0.4 is 0 Å². The van der Waals surface area contributed by atoms with Crippen LogP contribution in [0.4, 0.5) is 0 Å². The summed E-state index contributed by atoms with van der Waals surface area (Å²) in [6, 6.07) is 0. The number of ether oxygens (including phenoxy) is 1. The maximum absolute atomic E-state index is 5.98. The van der Waals surface area contributed by atoms with Gasteiger partial charge in [0.2, 0.25) is 0 Å². The fourth-order valence-corrected chi connectivity index (χ4v) is 3.18. The largest absolute Gasteiger partial charge is 0.391 e. The Morgan fingerprint density at radius 2 is 2.18 bits per heavy atom. The molecule has 2 nitrogen and oxygen atoms in total. The van der Waals surface area contributed by atoms with Crippen LogP contribution in [0.15, 0.2) is 0 Å². The molecule has 0 spiro atoms. The van der Waals surface area contributed by atoms with Crippen LogP contribution in [0.25, 0.3) is 0 Å². The Morgan fingerprint density at radius 1 is 1.45 bits per heavy atom. The topological polar surface area (TPSA) is 18.5 Å². The van der Waals surface area contributed by atoms with Gasteiger partial charge in [0.1, 0.15) is 0 Å². The summed E-state index contributed by atoms with van der Waals surface area (Å²) in [5, 5.41) is 0. The van der Waals surface area contributed by atoms with E-state index in [1.54, 1.807) is 0 Å². The number of rotatable bonds is 2. The first-order valence-electron chi connectivity index (χ1n) is 4.36. The Balaban J connectivity index is 1.97. The van der Waals surface area contributed by atoms with Crippen molar-refractivity contribution in [2.75, 3.05) is 6.61 Å². The second-order valence-electron chi connectivity index (χ2n) is 4.56. The zero-order valence-corrected chi connectivity index (χ0v) is 8.52. The van der Waals surface area contributed by atoms with Gasteiger partial charge < -0.3 is 9.16 Å². The molecule has 1 saturated heterocycles. The summed E-state index contributed by atoms with van der Waals surface area (Å²) in [5.74, 6) is 0.638. The molecule has 2 fully saturated rings. The lowest BCUT2D eigenvalue weighted by molar-refractivity contribution is -0.0897. The average molecular weight is 172 g/mol. The van der Waals surface area contributed by atoms with Gasteiger partial charge in [0.05, 0.1) is 6.61 Å². The average Bonchev–Trinajstić information content (AvgIpc) is 2.30. The number of fused-ring (bicyclic) bond motifs is 1. The highest BCUT2D eigenvalue weighted by Crippen LogP contribution is 2.55. The van der Waals surface area contributed by atoms with E-state index in [1.165, 1.54) is 6.42 Å². The van der Waals surface area contributed by atoms with Crippen molar-refractivity contribution in [1.29, 1.82) is 0 Å². The molecule has 2 aliphatic rings. The van der Waals surface area contributed by atoms with E-state index >= 15 is 0 Å². The molecule has 1 aliphatic carbocycles. The normalized spacial score (nSPS) is 42.3. The molecule has 2 rings (SSSR count). The predicted octanol–water partition coefficient (Wildman–Crippen LogP) is 1.97. The summed E-state index contributed by atoms with van der Waals surface area (Å²) < 4.78 is 11.6. The van der Waals surface area contributed by atoms with E-state index in [2.05, 4.69) is 19.6 Å². The van der Waals surface area contributed by atoms with Gasteiger partial charge in [0.25, 0.3) is 0 Å². The summed E-state index contributed by atoms with van der Waals surface area (Å²) in [5.41, 5.74) is 0. The van der Waals surface area contributed by atoms with Crippen LogP contribution in [0.3, 0.4) is 0 Å². The molecule has 3 heteroatoms. The van der Waals surface area contributed by atoms with E-state index in [0.717, 1.165) is 18.9 Å². The quantitative estimate of drug-likeness (QED) is 0.593. The third-order valence-corrected chi connectivity index (χ3v) is 3.24. The summed E-state index contributed by atoms with van der Waals surface area (Å²) in [7, 11) is -1.38. The highest BCUT2D eigenvalue weighted by atomic mass is 28.4. The highest BCUT2D eigenvalue weighted by molar-refractivity contribution is 6.69. The Labute approximate surface area is 69.0 Å². The third kappa shape index (κ3) is 1.37. The van der Waals surface area contributed by atoms with E-state index in [0.29, 0.717) is 0 Å². The van der Waals surface area contributed by atoms with Crippen molar-refractivity contribution < 1.29 is 9.16 Å². The zero-order chi connectivity index (χ0) is 8.11. The summed E-state index contributed by atoms with van der Waals surface area (Å²) in [6.45, 7) is 7.57. The van der Waals surface area contributed by atoms with Gasteiger partial charge in [-0.25, -0.2) is 0 Å². The maximum Gasteiger partial charge on any atom is 0.187 e. The van der Waals surface area contributed by atoms with E-state index in [1.807, 2.05) is 0 Å². The van der Waals surface area contributed by atoms with E-state index in [9.17, 15) is 0 Å². The Kier molecular flexibility index (Phi) is 1.47. The van der Waals surface area contributed by atoms with Gasteiger partial charge in [0.15, 0.2) is 14.1 Å². The van der Waals surface area contributed by atoms with Gasteiger partial charge in [-0.3, -0.25) is 0 Å². The molecule has 0 aromatic carbocycles.